The molecule has 2 saturated heterocycles. The zero-order valence-electron chi connectivity index (χ0n) is 14.7. The fraction of sp³-hybridized carbons (Fsp3) is 0.611. The molecule has 0 N–H and O–H groups in total. The number of nitrogens with zero attached hydrogens (tertiary/aromatic N) is 2. The summed E-state index contributed by atoms with van der Waals surface area (Å²) in [5.41, 5.74) is 2.15. The van der Waals surface area contributed by atoms with E-state index in [4.69, 9.17) is 9.47 Å². The molecule has 0 radical (unpaired) electrons. The SMILES string of the molecule is COc1cc(N2CC3(CN(C(=O)OC(C)(C)C)C3)C2)ccc1C. The van der Waals surface area contributed by atoms with Crippen molar-refractivity contribution < 1.29 is 14.3 Å². The molecule has 126 valence electrons. The highest BCUT2D eigenvalue weighted by Crippen LogP contribution is 2.43. The predicted octanol–water partition coefficient (Wildman–Crippen LogP) is 3.06. The summed E-state index contributed by atoms with van der Waals surface area (Å²) in [6.07, 6.45) is -0.196. The molecule has 0 aliphatic carbocycles. The summed E-state index contributed by atoms with van der Waals surface area (Å²) in [6, 6.07) is 6.31. The van der Waals surface area contributed by atoms with Crippen molar-refractivity contribution in [1.82, 2.24) is 4.90 Å². The van der Waals surface area contributed by atoms with Gasteiger partial charge in [0.05, 0.1) is 7.11 Å². The fourth-order valence-electron chi connectivity index (χ4n) is 3.37. The molecule has 2 heterocycles. The van der Waals surface area contributed by atoms with Crippen LogP contribution >= 0.6 is 0 Å². The minimum atomic E-state index is -0.427. The highest BCUT2D eigenvalue weighted by molar-refractivity contribution is 5.70. The summed E-state index contributed by atoms with van der Waals surface area (Å²) in [7, 11) is 1.70. The molecule has 0 unspecified atom stereocenters. The van der Waals surface area contributed by atoms with E-state index in [1.807, 2.05) is 27.7 Å². The second-order valence-electron chi connectivity index (χ2n) is 7.85. The Hall–Kier alpha value is -1.91. The number of methoxy groups -OCH3 is 1. The number of carbonyl (C=O) groups excluding carboxylic acids is 1. The van der Waals surface area contributed by atoms with Gasteiger partial charge in [-0.15, -0.1) is 0 Å². The molecule has 0 aromatic heterocycles. The molecule has 1 amide bonds. The van der Waals surface area contributed by atoms with Gasteiger partial charge in [-0.2, -0.15) is 0 Å². The van der Waals surface area contributed by atoms with E-state index in [1.54, 1.807) is 12.0 Å². The molecule has 5 nitrogen and oxygen atoms in total. The van der Waals surface area contributed by atoms with E-state index in [2.05, 4.69) is 23.1 Å². The number of ether oxygens (including phenoxy) is 2. The maximum atomic E-state index is 12.0. The van der Waals surface area contributed by atoms with Crippen LogP contribution in [0, 0.1) is 12.3 Å². The molecule has 5 heteroatoms. The van der Waals surface area contributed by atoms with Gasteiger partial charge in [0.25, 0.3) is 0 Å². The van der Waals surface area contributed by atoms with Gasteiger partial charge in [-0.25, -0.2) is 4.79 Å². The van der Waals surface area contributed by atoms with Crippen LogP contribution in [0.15, 0.2) is 18.2 Å². The summed E-state index contributed by atoms with van der Waals surface area (Å²) in [5.74, 6) is 0.924. The van der Waals surface area contributed by atoms with Gasteiger partial charge < -0.3 is 19.3 Å². The van der Waals surface area contributed by atoms with E-state index in [9.17, 15) is 4.79 Å². The molecular weight excluding hydrogens is 292 g/mol. The first-order valence-corrected chi connectivity index (χ1v) is 8.09. The van der Waals surface area contributed by atoms with E-state index in [0.29, 0.717) is 0 Å². The standard InChI is InChI=1S/C18H26N2O3/c1-13-6-7-14(8-15(13)22-5)19-9-18(10-19)11-20(12-18)16(21)23-17(2,3)4/h6-8H,9-12H2,1-5H3. The summed E-state index contributed by atoms with van der Waals surface area (Å²) >= 11 is 0. The van der Waals surface area contributed by atoms with Crippen molar-refractivity contribution >= 4 is 11.8 Å². The number of likely N-dealkylation sites (tertiary alicyclic amines) is 1. The predicted molar refractivity (Wildman–Crippen MR) is 90.2 cm³/mol. The van der Waals surface area contributed by atoms with Crippen molar-refractivity contribution in [1.29, 1.82) is 0 Å². The molecule has 0 saturated carbocycles. The summed E-state index contributed by atoms with van der Waals surface area (Å²) in [6.45, 7) is 11.3. The van der Waals surface area contributed by atoms with Gasteiger partial charge in [-0.3, -0.25) is 0 Å². The van der Waals surface area contributed by atoms with Gasteiger partial charge in [-0.05, 0) is 39.3 Å². The number of rotatable bonds is 2. The Bertz CT molecular complexity index is 607. The highest BCUT2D eigenvalue weighted by atomic mass is 16.6. The third-order valence-electron chi connectivity index (χ3n) is 4.51. The van der Waals surface area contributed by atoms with E-state index in [0.717, 1.165) is 37.5 Å². The van der Waals surface area contributed by atoms with Crippen molar-refractivity contribution in [3.63, 3.8) is 0 Å². The first kappa shape index (κ1) is 16.0. The lowest BCUT2D eigenvalue weighted by Crippen LogP contribution is -2.73. The number of carbonyl (C=O) groups is 1. The van der Waals surface area contributed by atoms with Crippen molar-refractivity contribution in [2.75, 3.05) is 38.2 Å². The molecule has 2 aliphatic heterocycles. The fourth-order valence-corrected chi connectivity index (χ4v) is 3.37. The largest absolute Gasteiger partial charge is 0.496 e. The number of aryl methyl sites for hydroxylation is 1. The number of amides is 1. The van der Waals surface area contributed by atoms with E-state index in [-0.39, 0.29) is 11.5 Å². The molecule has 1 aromatic carbocycles. The Kier molecular flexibility index (Phi) is 3.69. The van der Waals surface area contributed by atoms with Crippen LogP contribution in [0.5, 0.6) is 5.75 Å². The zero-order valence-corrected chi connectivity index (χ0v) is 14.7. The van der Waals surface area contributed by atoms with Crippen LogP contribution in [0.1, 0.15) is 26.3 Å². The number of benzene rings is 1. The van der Waals surface area contributed by atoms with Crippen LogP contribution in [0.2, 0.25) is 0 Å². The number of hydrogen-bond donors (Lipinski definition) is 0. The monoisotopic (exact) mass is 318 g/mol. The van der Waals surface area contributed by atoms with Crippen LogP contribution < -0.4 is 9.64 Å². The Balaban J connectivity index is 1.54. The topological polar surface area (TPSA) is 42.0 Å². The molecule has 0 atom stereocenters. The molecule has 1 spiro atoms. The van der Waals surface area contributed by atoms with Gasteiger partial charge in [-0.1, -0.05) is 6.07 Å². The van der Waals surface area contributed by atoms with Crippen LogP contribution in [0.3, 0.4) is 0 Å². The van der Waals surface area contributed by atoms with E-state index >= 15 is 0 Å². The second-order valence-corrected chi connectivity index (χ2v) is 7.85. The summed E-state index contributed by atoms with van der Waals surface area (Å²) in [4.78, 5) is 16.2. The molecule has 2 fully saturated rings. The van der Waals surface area contributed by atoms with Crippen molar-refractivity contribution in [3.05, 3.63) is 23.8 Å². The molecule has 1 aromatic rings. The van der Waals surface area contributed by atoms with Gasteiger partial charge in [0.1, 0.15) is 11.4 Å². The van der Waals surface area contributed by atoms with Crippen LogP contribution in [-0.4, -0.2) is 49.9 Å². The average molecular weight is 318 g/mol. The molecule has 23 heavy (non-hydrogen) atoms. The number of hydrogen-bond acceptors (Lipinski definition) is 4. The minimum Gasteiger partial charge on any atom is -0.496 e. The third kappa shape index (κ3) is 3.09. The van der Waals surface area contributed by atoms with Crippen LogP contribution in [0.4, 0.5) is 10.5 Å². The van der Waals surface area contributed by atoms with Gasteiger partial charge in [0, 0.05) is 43.3 Å². The van der Waals surface area contributed by atoms with Crippen LogP contribution in [-0.2, 0) is 4.74 Å². The Morgan fingerprint density at radius 2 is 1.83 bits per heavy atom. The van der Waals surface area contributed by atoms with Crippen molar-refractivity contribution in [3.8, 4) is 5.75 Å². The second kappa shape index (κ2) is 5.32. The Morgan fingerprint density at radius 3 is 2.39 bits per heavy atom. The molecule has 0 bridgehead atoms. The maximum absolute atomic E-state index is 12.0. The van der Waals surface area contributed by atoms with Crippen LogP contribution in [0.25, 0.3) is 0 Å². The van der Waals surface area contributed by atoms with E-state index < -0.39 is 5.60 Å². The lowest BCUT2D eigenvalue weighted by Gasteiger charge is -2.60. The molecular formula is C18H26N2O3. The highest BCUT2D eigenvalue weighted by Gasteiger charge is 2.54. The first-order valence-electron chi connectivity index (χ1n) is 8.09. The number of anilines is 1. The Morgan fingerprint density at radius 1 is 1.17 bits per heavy atom. The third-order valence-corrected chi connectivity index (χ3v) is 4.51. The van der Waals surface area contributed by atoms with Gasteiger partial charge in [0.2, 0.25) is 0 Å². The molecule has 2 aliphatic rings. The van der Waals surface area contributed by atoms with Gasteiger partial charge in [0.15, 0.2) is 0 Å². The minimum absolute atomic E-state index is 0.196. The van der Waals surface area contributed by atoms with Crippen molar-refractivity contribution in [2.45, 2.75) is 33.3 Å². The normalized spacial score (nSPS) is 19.2. The summed E-state index contributed by atoms with van der Waals surface area (Å²) in [5, 5.41) is 0. The maximum Gasteiger partial charge on any atom is 0.410 e. The quantitative estimate of drug-likeness (QED) is 0.840. The summed E-state index contributed by atoms with van der Waals surface area (Å²) < 4.78 is 10.8. The average Bonchev–Trinajstić information content (AvgIpc) is 2.35. The first-order chi connectivity index (χ1) is 10.7. The van der Waals surface area contributed by atoms with E-state index in [1.165, 1.54) is 5.69 Å². The molecule has 3 rings (SSSR count). The smallest absolute Gasteiger partial charge is 0.410 e. The lowest BCUT2D eigenvalue weighted by molar-refractivity contribution is -0.0453. The lowest BCUT2D eigenvalue weighted by atomic mass is 9.73. The van der Waals surface area contributed by atoms with Crippen molar-refractivity contribution in [2.24, 2.45) is 5.41 Å². The zero-order chi connectivity index (χ0) is 16.8. The Labute approximate surface area is 138 Å². The van der Waals surface area contributed by atoms with Gasteiger partial charge >= 0.3 is 6.09 Å².